The summed E-state index contributed by atoms with van der Waals surface area (Å²) in [6.45, 7) is 4.12. The van der Waals surface area contributed by atoms with Gasteiger partial charge in [-0.05, 0) is 100 Å². The molecule has 0 amide bonds. The lowest BCUT2D eigenvalue weighted by Gasteiger charge is -2.48. The molecule has 0 aliphatic heterocycles. The number of hydrogen-bond donors (Lipinski definition) is 0. The molecule has 6 atom stereocenters. The van der Waals surface area contributed by atoms with E-state index in [1.165, 1.54) is 57.8 Å². The van der Waals surface area contributed by atoms with Crippen molar-refractivity contribution in [1.82, 2.24) is 0 Å². The van der Waals surface area contributed by atoms with Gasteiger partial charge in [-0.1, -0.05) is 45.4 Å². The molecule has 1 heteroatoms. The lowest BCUT2D eigenvalue weighted by atomic mass is 9.58. The van der Waals surface area contributed by atoms with E-state index in [0.29, 0.717) is 5.78 Å². The summed E-state index contributed by atoms with van der Waals surface area (Å²) in [5.41, 5.74) is 0. The Morgan fingerprint density at radius 1 is 0.654 bits per heavy atom. The molecule has 0 aromatic heterocycles. The highest BCUT2D eigenvalue weighted by Crippen LogP contribution is 2.51. The highest BCUT2D eigenvalue weighted by atomic mass is 16.1. The molecule has 0 heterocycles. The summed E-state index contributed by atoms with van der Waals surface area (Å²) in [5.74, 6) is 6.92. The molecule has 26 heavy (non-hydrogen) atoms. The Labute approximate surface area is 163 Å². The molecule has 0 radical (unpaired) electrons. The minimum atomic E-state index is 0.360. The van der Waals surface area contributed by atoms with E-state index in [0.717, 1.165) is 48.3 Å². The van der Waals surface area contributed by atoms with Gasteiger partial charge < -0.3 is 4.79 Å². The van der Waals surface area contributed by atoms with Crippen molar-refractivity contribution in [1.29, 1.82) is 0 Å². The molecule has 1 nitrogen and oxygen atoms in total. The second-order valence-electron chi connectivity index (χ2n) is 10.2. The van der Waals surface area contributed by atoms with Crippen LogP contribution in [0.3, 0.4) is 0 Å². The van der Waals surface area contributed by atoms with Crippen LogP contribution in [-0.2, 0) is 4.79 Å². The minimum Gasteiger partial charge on any atom is -0.300 e. The Balaban J connectivity index is 1.23. The average molecular weight is 361 g/mol. The first-order valence-electron chi connectivity index (χ1n) is 12.2. The van der Waals surface area contributed by atoms with Gasteiger partial charge in [0, 0.05) is 6.42 Å². The summed E-state index contributed by atoms with van der Waals surface area (Å²) in [6.07, 6.45) is 22.7. The first-order valence-corrected chi connectivity index (χ1v) is 12.2. The SMILES string of the molecule is CC[C@@H]1CCC1C[C@@H]1CC[C@@H]1CC1CC[C@H]1CCCCCCCC(C)=O. The van der Waals surface area contributed by atoms with Crippen molar-refractivity contribution in [2.75, 3.05) is 0 Å². The zero-order valence-electron chi connectivity index (χ0n) is 17.7. The van der Waals surface area contributed by atoms with E-state index in [1.807, 2.05) is 0 Å². The summed E-state index contributed by atoms with van der Waals surface area (Å²) >= 11 is 0. The second kappa shape index (κ2) is 10.3. The minimum absolute atomic E-state index is 0.360. The molecular weight excluding hydrogens is 316 g/mol. The van der Waals surface area contributed by atoms with Gasteiger partial charge >= 0.3 is 0 Å². The maximum atomic E-state index is 11.0. The first-order chi connectivity index (χ1) is 12.7. The summed E-state index contributed by atoms with van der Waals surface area (Å²) < 4.78 is 0. The standard InChI is InChI=1S/C25H44O/c1-3-20-11-13-22(20)17-24-15-16-25(24)18-23-14-12-21(23)10-8-6-4-5-7-9-19(2)26/h20-25H,3-18H2,1-2H3/t20-,21-,22?,23?,24+,25-/m1/s1. The van der Waals surface area contributed by atoms with E-state index in [1.54, 1.807) is 39.0 Å². The van der Waals surface area contributed by atoms with Crippen molar-refractivity contribution >= 4 is 5.78 Å². The van der Waals surface area contributed by atoms with Crippen molar-refractivity contribution in [2.45, 2.75) is 117 Å². The third-order valence-electron chi connectivity index (χ3n) is 8.56. The zero-order chi connectivity index (χ0) is 18.4. The van der Waals surface area contributed by atoms with Crippen LogP contribution in [0.4, 0.5) is 0 Å². The quantitative estimate of drug-likeness (QED) is 0.309. The highest BCUT2D eigenvalue weighted by molar-refractivity contribution is 5.75. The summed E-state index contributed by atoms with van der Waals surface area (Å²) in [7, 11) is 0. The summed E-state index contributed by atoms with van der Waals surface area (Å²) in [6, 6.07) is 0. The van der Waals surface area contributed by atoms with Crippen LogP contribution in [0.5, 0.6) is 0 Å². The van der Waals surface area contributed by atoms with E-state index in [9.17, 15) is 4.79 Å². The molecule has 0 N–H and O–H groups in total. The molecule has 0 aromatic carbocycles. The van der Waals surface area contributed by atoms with Crippen LogP contribution in [0, 0.1) is 35.5 Å². The van der Waals surface area contributed by atoms with Gasteiger partial charge in [0.05, 0.1) is 0 Å². The molecule has 0 bridgehead atoms. The maximum absolute atomic E-state index is 11.0. The average Bonchev–Trinajstić information content (AvgIpc) is 2.55. The monoisotopic (exact) mass is 360 g/mol. The van der Waals surface area contributed by atoms with Crippen LogP contribution in [-0.4, -0.2) is 5.78 Å². The molecule has 3 aliphatic rings. The Morgan fingerprint density at radius 2 is 1.12 bits per heavy atom. The van der Waals surface area contributed by atoms with Crippen LogP contribution >= 0.6 is 0 Å². The molecule has 150 valence electrons. The van der Waals surface area contributed by atoms with Gasteiger partial charge in [0.1, 0.15) is 5.78 Å². The summed E-state index contributed by atoms with van der Waals surface area (Å²) in [4.78, 5) is 11.0. The predicted molar refractivity (Wildman–Crippen MR) is 111 cm³/mol. The van der Waals surface area contributed by atoms with Gasteiger partial charge in [0.15, 0.2) is 0 Å². The van der Waals surface area contributed by atoms with Crippen LogP contribution in [0.25, 0.3) is 0 Å². The maximum Gasteiger partial charge on any atom is 0.129 e. The first kappa shape index (κ1) is 20.4. The molecule has 2 unspecified atom stereocenters. The fourth-order valence-electron chi connectivity index (χ4n) is 6.16. The Morgan fingerprint density at radius 3 is 1.62 bits per heavy atom. The van der Waals surface area contributed by atoms with Crippen molar-refractivity contribution in [2.24, 2.45) is 35.5 Å². The van der Waals surface area contributed by atoms with Gasteiger partial charge in [-0.3, -0.25) is 0 Å². The molecule has 0 aromatic rings. The van der Waals surface area contributed by atoms with Crippen LogP contribution in [0.1, 0.15) is 117 Å². The third-order valence-corrected chi connectivity index (χ3v) is 8.56. The Kier molecular flexibility index (Phi) is 8.07. The van der Waals surface area contributed by atoms with Gasteiger partial charge in [-0.25, -0.2) is 0 Å². The van der Waals surface area contributed by atoms with Crippen molar-refractivity contribution in [3.63, 3.8) is 0 Å². The number of hydrogen-bond acceptors (Lipinski definition) is 1. The molecule has 0 saturated heterocycles. The smallest absolute Gasteiger partial charge is 0.129 e. The van der Waals surface area contributed by atoms with Crippen molar-refractivity contribution in [3.8, 4) is 0 Å². The largest absolute Gasteiger partial charge is 0.300 e. The van der Waals surface area contributed by atoms with Gasteiger partial charge in [-0.15, -0.1) is 0 Å². The molecule has 3 rings (SSSR count). The van der Waals surface area contributed by atoms with Crippen LogP contribution < -0.4 is 0 Å². The number of unbranched alkanes of at least 4 members (excludes halogenated alkanes) is 4. The number of carbonyl (C=O) groups is 1. The van der Waals surface area contributed by atoms with Gasteiger partial charge in [-0.2, -0.15) is 0 Å². The Bertz CT molecular complexity index is 426. The van der Waals surface area contributed by atoms with E-state index >= 15 is 0 Å². The number of Topliss-reactive ketones (excluding diaryl/α,β-unsaturated/α-hetero) is 1. The van der Waals surface area contributed by atoms with Crippen molar-refractivity contribution < 1.29 is 4.79 Å². The predicted octanol–water partition coefficient (Wildman–Crippen LogP) is 7.57. The lowest BCUT2D eigenvalue weighted by Crippen LogP contribution is -2.37. The van der Waals surface area contributed by atoms with Crippen molar-refractivity contribution in [3.05, 3.63) is 0 Å². The molecular formula is C25H44O. The molecule has 3 aliphatic carbocycles. The number of ketones is 1. The third kappa shape index (κ3) is 5.59. The lowest BCUT2D eigenvalue weighted by molar-refractivity contribution is -0.117. The topological polar surface area (TPSA) is 17.1 Å². The normalized spacial score (nSPS) is 36.1. The number of rotatable bonds is 13. The fourth-order valence-corrected chi connectivity index (χ4v) is 6.16. The van der Waals surface area contributed by atoms with Crippen LogP contribution in [0.15, 0.2) is 0 Å². The number of carbonyl (C=O) groups excluding carboxylic acids is 1. The second-order valence-corrected chi connectivity index (χ2v) is 10.2. The van der Waals surface area contributed by atoms with Gasteiger partial charge in [0.25, 0.3) is 0 Å². The van der Waals surface area contributed by atoms with E-state index < -0.39 is 0 Å². The van der Waals surface area contributed by atoms with E-state index in [-0.39, 0.29) is 0 Å². The van der Waals surface area contributed by atoms with E-state index in [4.69, 9.17) is 0 Å². The molecule has 3 saturated carbocycles. The van der Waals surface area contributed by atoms with E-state index in [2.05, 4.69) is 6.92 Å². The molecule has 3 fully saturated rings. The highest BCUT2D eigenvalue weighted by Gasteiger charge is 2.40. The van der Waals surface area contributed by atoms with Crippen LogP contribution in [0.2, 0.25) is 0 Å². The molecule has 0 spiro atoms. The fraction of sp³-hybridized carbons (Fsp3) is 0.960. The Hall–Kier alpha value is -0.330. The zero-order valence-corrected chi connectivity index (χ0v) is 17.7. The van der Waals surface area contributed by atoms with Gasteiger partial charge in [0.2, 0.25) is 0 Å². The summed E-state index contributed by atoms with van der Waals surface area (Å²) in [5, 5.41) is 0.